The molecule has 0 aromatic carbocycles. The van der Waals surface area contributed by atoms with Gasteiger partial charge < -0.3 is 5.32 Å². The Hall–Kier alpha value is -2.77. The van der Waals surface area contributed by atoms with Crippen LogP contribution < -0.4 is 10.6 Å². The number of hydrogen-bond donors (Lipinski definition) is 2. The maximum atomic E-state index is 12.2. The average Bonchev–Trinajstić information content (AvgIpc) is 2.86. The van der Waals surface area contributed by atoms with E-state index in [1.54, 1.807) is 12.4 Å². The van der Waals surface area contributed by atoms with E-state index in [4.69, 9.17) is 0 Å². The molecule has 3 rings (SSSR count). The first-order valence-corrected chi connectivity index (χ1v) is 6.07. The Morgan fingerprint density at radius 1 is 1.40 bits per heavy atom. The number of amides is 3. The third kappa shape index (κ3) is 2.11. The molecule has 0 bridgehead atoms. The average molecular weight is 273 g/mol. The van der Waals surface area contributed by atoms with E-state index in [0.717, 1.165) is 0 Å². The highest BCUT2D eigenvalue weighted by atomic mass is 16.2. The summed E-state index contributed by atoms with van der Waals surface area (Å²) in [5.41, 5.74) is 0.889. The molecule has 1 aliphatic heterocycles. The van der Waals surface area contributed by atoms with E-state index in [2.05, 4.69) is 20.7 Å². The van der Waals surface area contributed by atoms with Crippen molar-refractivity contribution in [2.75, 3.05) is 0 Å². The van der Waals surface area contributed by atoms with Crippen LogP contribution in [0.2, 0.25) is 0 Å². The molecule has 2 N–H and O–H groups in total. The molecule has 1 fully saturated rings. The minimum Gasteiger partial charge on any atom is -0.340 e. The highest BCUT2D eigenvalue weighted by Gasteiger charge is 2.28. The lowest BCUT2D eigenvalue weighted by molar-refractivity contribution is -0.134. The lowest BCUT2D eigenvalue weighted by Crippen LogP contribution is -2.52. The molecule has 1 saturated heterocycles. The SMILES string of the molecule is O=C1CCC(NC(=O)c2cnn3ccncc23)C(=O)N1. The van der Waals surface area contributed by atoms with E-state index in [1.165, 1.54) is 16.9 Å². The fourth-order valence-corrected chi connectivity index (χ4v) is 2.08. The summed E-state index contributed by atoms with van der Waals surface area (Å²) in [5, 5.41) is 8.82. The second kappa shape index (κ2) is 4.72. The van der Waals surface area contributed by atoms with Gasteiger partial charge in [0.25, 0.3) is 5.91 Å². The van der Waals surface area contributed by atoms with Gasteiger partial charge >= 0.3 is 0 Å². The van der Waals surface area contributed by atoms with E-state index in [9.17, 15) is 14.4 Å². The number of fused-ring (bicyclic) bond motifs is 1. The molecule has 1 unspecified atom stereocenters. The van der Waals surface area contributed by atoms with Crippen LogP contribution in [0, 0.1) is 0 Å². The monoisotopic (exact) mass is 273 g/mol. The highest BCUT2D eigenvalue weighted by molar-refractivity contribution is 6.05. The number of carbonyl (C=O) groups excluding carboxylic acids is 3. The molecule has 8 heteroatoms. The number of imide groups is 1. The van der Waals surface area contributed by atoms with Crippen LogP contribution in [-0.2, 0) is 9.59 Å². The largest absolute Gasteiger partial charge is 0.340 e. The van der Waals surface area contributed by atoms with Gasteiger partial charge in [-0.2, -0.15) is 5.10 Å². The lowest BCUT2D eigenvalue weighted by atomic mass is 10.1. The van der Waals surface area contributed by atoms with Gasteiger partial charge in [-0.3, -0.25) is 24.7 Å². The molecular formula is C12H11N5O3. The van der Waals surface area contributed by atoms with Crippen molar-refractivity contribution < 1.29 is 14.4 Å². The fraction of sp³-hybridized carbons (Fsp3) is 0.250. The molecule has 20 heavy (non-hydrogen) atoms. The van der Waals surface area contributed by atoms with E-state index < -0.39 is 17.9 Å². The molecule has 1 aliphatic rings. The fourth-order valence-electron chi connectivity index (χ4n) is 2.08. The first kappa shape index (κ1) is 12.3. The van der Waals surface area contributed by atoms with Gasteiger partial charge in [-0.25, -0.2) is 4.52 Å². The normalized spacial score (nSPS) is 18.9. The van der Waals surface area contributed by atoms with E-state index >= 15 is 0 Å². The number of hydrogen-bond acceptors (Lipinski definition) is 5. The maximum absolute atomic E-state index is 12.2. The van der Waals surface area contributed by atoms with Crippen molar-refractivity contribution in [2.45, 2.75) is 18.9 Å². The molecule has 2 aromatic rings. The third-order valence-electron chi connectivity index (χ3n) is 3.11. The predicted molar refractivity (Wildman–Crippen MR) is 66.6 cm³/mol. The van der Waals surface area contributed by atoms with Gasteiger partial charge in [0, 0.05) is 18.8 Å². The van der Waals surface area contributed by atoms with Crippen molar-refractivity contribution in [1.29, 1.82) is 0 Å². The predicted octanol–water partition coefficient (Wildman–Crippen LogP) is -0.736. The Balaban J connectivity index is 1.80. The molecule has 0 saturated carbocycles. The molecule has 0 spiro atoms. The second-order valence-electron chi connectivity index (χ2n) is 4.44. The van der Waals surface area contributed by atoms with Crippen LogP contribution in [0.4, 0.5) is 0 Å². The number of rotatable bonds is 2. The van der Waals surface area contributed by atoms with Gasteiger partial charge in [0.2, 0.25) is 11.8 Å². The molecule has 8 nitrogen and oxygen atoms in total. The lowest BCUT2D eigenvalue weighted by Gasteiger charge is -2.21. The zero-order chi connectivity index (χ0) is 14.1. The summed E-state index contributed by atoms with van der Waals surface area (Å²) in [6.07, 6.45) is 6.63. The Morgan fingerprint density at radius 3 is 3.05 bits per heavy atom. The van der Waals surface area contributed by atoms with Crippen LogP contribution in [0.3, 0.4) is 0 Å². The molecule has 0 radical (unpaired) electrons. The number of aromatic nitrogens is 3. The van der Waals surface area contributed by atoms with E-state index in [0.29, 0.717) is 17.5 Å². The van der Waals surface area contributed by atoms with Crippen LogP contribution in [0.1, 0.15) is 23.2 Å². The first-order chi connectivity index (χ1) is 9.65. The summed E-state index contributed by atoms with van der Waals surface area (Å²) in [5.74, 6) is -1.22. The maximum Gasteiger partial charge on any atom is 0.255 e. The minimum atomic E-state index is -0.702. The number of nitrogens with one attached hydrogen (secondary N) is 2. The van der Waals surface area contributed by atoms with Crippen molar-refractivity contribution in [2.24, 2.45) is 0 Å². The quantitative estimate of drug-likeness (QED) is 0.701. The van der Waals surface area contributed by atoms with Gasteiger partial charge in [-0.05, 0) is 6.42 Å². The zero-order valence-electron chi connectivity index (χ0n) is 10.4. The summed E-state index contributed by atoms with van der Waals surface area (Å²) in [6.45, 7) is 0. The molecule has 3 heterocycles. The van der Waals surface area contributed by atoms with Gasteiger partial charge in [-0.1, -0.05) is 0 Å². The van der Waals surface area contributed by atoms with Crippen molar-refractivity contribution >= 4 is 23.2 Å². The summed E-state index contributed by atoms with van der Waals surface area (Å²) in [7, 11) is 0. The van der Waals surface area contributed by atoms with Gasteiger partial charge in [-0.15, -0.1) is 0 Å². The first-order valence-electron chi connectivity index (χ1n) is 6.07. The Bertz CT molecular complexity index is 708. The summed E-state index contributed by atoms with van der Waals surface area (Å²) < 4.78 is 1.52. The summed E-state index contributed by atoms with van der Waals surface area (Å²) in [6, 6.07) is -0.702. The van der Waals surface area contributed by atoms with E-state index in [1.807, 2.05) is 0 Å². The summed E-state index contributed by atoms with van der Waals surface area (Å²) in [4.78, 5) is 38.7. The smallest absolute Gasteiger partial charge is 0.255 e. The van der Waals surface area contributed by atoms with Gasteiger partial charge in [0.1, 0.15) is 6.04 Å². The third-order valence-corrected chi connectivity index (χ3v) is 3.11. The number of nitrogens with zero attached hydrogens (tertiary/aromatic N) is 3. The van der Waals surface area contributed by atoms with Crippen molar-refractivity contribution in [3.8, 4) is 0 Å². The standard InChI is InChI=1S/C12H11N5O3/c18-10-2-1-8(12(20)16-10)15-11(19)7-5-14-17-4-3-13-6-9(7)17/h3-6,8H,1-2H2,(H,15,19)(H,16,18,20). The van der Waals surface area contributed by atoms with Crippen LogP contribution in [0.15, 0.2) is 24.8 Å². The topological polar surface area (TPSA) is 105 Å². The van der Waals surface area contributed by atoms with Gasteiger partial charge in [0.15, 0.2) is 0 Å². The van der Waals surface area contributed by atoms with E-state index in [-0.39, 0.29) is 12.3 Å². The van der Waals surface area contributed by atoms with Crippen molar-refractivity contribution in [3.05, 3.63) is 30.4 Å². The Kier molecular flexibility index (Phi) is 2.90. The van der Waals surface area contributed by atoms with Crippen LogP contribution >= 0.6 is 0 Å². The summed E-state index contributed by atoms with van der Waals surface area (Å²) >= 11 is 0. The van der Waals surface area contributed by atoms with Crippen molar-refractivity contribution in [1.82, 2.24) is 25.2 Å². The Morgan fingerprint density at radius 2 is 2.25 bits per heavy atom. The minimum absolute atomic E-state index is 0.215. The van der Waals surface area contributed by atoms with Crippen LogP contribution in [0.5, 0.6) is 0 Å². The number of piperidine rings is 1. The van der Waals surface area contributed by atoms with Gasteiger partial charge in [0.05, 0.1) is 23.5 Å². The highest BCUT2D eigenvalue weighted by Crippen LogP contribution is 2.10. The molecule has 1 atom stereocenters. The molecule has 102 valence electrons. The second-order valence-corrected chi connectivity index (χ2v) is 4.44. The van der Waals surface area contributed by atoms with Crippen LogP contribution in [-0.4, -0.2) is 38.4 Å². The zero-order valence-corrected chi connectivity index (χ0v) is 10.4. The molecule has 3 amide bonds. The molecule has 0 aliphatic carbocycles. The number of carbonyl (C=O) groups is 3. The Labute approximate surface area is 113 Å². The van der Waals surface area contributed by atoms with Crippen LogP contribution in [0.25, 0.3) is 5.52 Å². The molecular weight excluding hydrogens is 262 g/mol. The van der Waals surface area contributed by atoms with Crippen molar-refractivity contribution in [3.63, 3.8) is 0 Å². The molecule has 2 aromatic heterocycles.